The van der Waals surface area contributed by atoms with Crippen molar-refractivity contribution >= 4 is 171 Å². The fourth-order valence-corrected chi connectivity index (χ4v) is 4.97. The van der Waals surface area contributed by atoms with Gasteiger partial charge in [-0.2, -0.15) is 0 Å². The van der Waals surface area contributed by atoms with E-state index in [1.54, 1.807) is 13.1 Å². The van der Waals surface area contributed by atoms with Crippen LogP contribution in [0.3, 0.4) is 0 Å². The molecule has 287 valence electrons. The number of halogens is 6. The summed E-state index contributed by atoms with van der Waals surface area (Å²) in [6.45, 7) is 8.70. The molecule has 0 bridgehead atoms. The molecule has 6 aromatic rings. The standard InChI is InChI=1S/C11H11N3S.C10H8BrN.C10H9N.C2H6O.CCl4.CH4.Al.B2HN2S.BrH.2H/c12-11(13)15-7-9-4-1-3-8-5-2-6-14-10(8)9;11-7-9-4-1-3-8-5-2-6-12-10(8)9;1-8-4-2-5-9-6-3-7-11-10(8)9;1-2-3;2-1(3,4)5;;;1-4-5(2)3;;;/h1-6H,7H2,(H3,12,13);1-6H,7H2;2-7H,1H3;3H,2H2,1H3;;1H4;;3H;1H;;/q;;;;;;;-1;;;. The monoisotopic (exact) mass is 987 g/mol. The second-order valence-electron chi connectivity index (χ2n) is 9.59. The van der Waals surface area contributed by atoms with Gasteiger partial charge in [-0.1, -0.05) is 154 Å². The molecule has 0 amide bonds. The van der Waals surface area contributed by atoms with Gasteiger partial charge in [0.25, 0.3) is 3.25 Å². The number of aryl methyl sites for hydroxylation is 1. The van der Waals surface area contributed by atoms with Crippen molar-refractivity contribution in [3.8, 4) is 0 Å². The molecule has 0 aliphatic heterocycles. The molecule has 3 aromatic carbocycles. The zero-order chi connectivity index (χ0) is 38.2. The number of amidine groups is 1. The maximum absolute atomic E-state index is 7.57. The number of aliphatic hydroxyl groups is 1. The molecule has 3 aromatic heterocycles. The molecule has 0 aliphatic rings. The van der Waals surface area contributed by atoms with Gasteiger partial charge in [-0.15, -0.1) is 17.0 Å². The van der Waals surface area contributed by atoms with Gasteiger partial charge in [-0.05, 0) is 48.7 Å². The van der Waals surface area contributed by atoms with Gasteiger partial charge < -0.3 is 10.8 Å². The molecule has 0 saturated heterocycles. The molecule has 0 spiro atoms. The number of rotatable bonds is 4. The Morgan fingerprint density at radius 3 is 1.54 bits per heavy atom. The molecule has 19 heteroatoms. The summed E-state index contributed by atoms with van der Waals surface area (Å²) in [6.07, 6.45) is 5.44. The van der Waals surface area contributed by atoms with E-state index in [0.717, 1.165) is 32.8 Å². The molecular weight excluding hydrogens is 949 g/mol. The van der Waals surface area contributed by atoms with Crippen LogP contribution in [0.15, 0.2) is 114 Å². The Morgan fingerprint density at radius 1 is 0.833 bits per heavy atom. The summed E-state index contributed by atoms with van der Waals surface area (Å²) in [7, 11) is 3.33. The van der Waals surface area contributed by atoms with Gasteiger partial charge >= 0.3 is 33.7 Å². The van der Waals surface area contributed by atoms with Gasteiger partial charge in [0.15, 0.2) is 5.17 Å². The summed E-state index contributed by atoms with van der Waals surface area (Å²) in [5.41, 5.74) is 12.1. The number of aliphatic hydroxyl groups excluding tert-OH is 1. The van der Waals surface area contributed by atoms with Crippen LogP contribution in [-0.2, 0) is 21.4 Å². The molecule has 5 N–H and O–H groups in total. The Hall–Kier alpha value is -1.60. The summed E-state index contributed by atoms with van der Waals surface area (Å²) < 4.78 is 7.59. The predicted molar refractivity (Wildman–Crippen MR) is 254 cm³/mol. The van der Waals surface area contributed by atoms with Gasteiger partial charge in [0, 0.05) is 52.4 Å². The molecule has 0 aliphatic carbocycles. The molecule has 3 radical (unpaired) electrons. The fourth-order valence-electron chi connectivity index (χ4n) is 3.97. The number of alkyl halides is 5. The van der Waals surface area contributed by atoms with Gasteiger partial charge in [-0.25, -0.2) is 0 Å². The number of aromatic nitrogens is 3. The molecule has 54 heavy (non-hydrogen) atoms. The van der Waals surface area contributed by atoms with Crippen LogP contribution in [0.4, 0.5) is 0 Å². The number of para-hydroxylation sites is 3. The molecule has 0 saturated carbocycles. The first-order valence-electron chi connectivity index (χ1n) is 14.7. The van der Waals surface area contributed by atoms with Crippen LogP contribution in [0.1, 0.15) is 31.0 Å². The second kappa shape index (κ2) is 32.5. The SMILES string of the molecule is Br.BrCc1cccc2cccnc12.C.CCO.Cc1cccc2cccnc12.ClC(Cl)(Cl)Cl.N=C(N)SCc1cccc2cccnc12.[AlH2].[B]=N[S-](=[B])=N. The van der Waals surface area contributed by atoms with E-state index in [-0.39, 0.29) is 53.5 Å². The molecule has 8 nitrogen and oxygen atoms in total. The van der Waals surface area contributed by atoms with E-state index in [1.807, 2.05) is 54.9 Å². The van der Waals surface area contributed by atoms with Crippen LogP contribution in [0, 0.1) is 17.1 Å². The van der Waals surface area contributed by atoms with Crippen LogP contribution in [0.2, 0.25) is 0 Å². The fraction of sp³-hybridized carbons (Fsp3) is 0.200. The predicted octanol–water partition coefficient (Wildman–Crippen LogP) is 10.6. The third-order valence-electron chi connectivity index (χ3n) is 5.91. The number of pyridine rings is 3. The number of nitrogens with one attached hydrogen (secondary N) is 2. The molecule has 0 atom stereocenters. The van der Waals surface area contributed by atoms with E-state index in [4.69, 9.17) is 74.2 Å². The first-order chi connectivity index (χ1) is 24.2. The Balaban J connectivity index is -0.000000613. The third-order valence-corrected chi connectivity index (χ3v) is 7.51. The quantitative estimate of drug-likeness (QED) is 0.0455. The number of hydrogen-bond donors (Lipinski definition) is 4. The van der Waals surface area contributed by atoms with Gasteiger partial charge in [0.1, 0.15) is 17.4 Å². The van der Waals surface area contributed by atoms with Crippen molar-refractivity contribution in [2.75, 3.05) is 6.61 Å². The van der Waals surface area contributed by atoms with E-state index in [9.17, 15) is 0 Å². The Morgan fingerprint density at radius 2 is 1.17 bits per heavy atom. The van der Waals surface area contributed by atoms with E-state index in [1.165, 1.54) is 33.7 Å². The summed E-state index contributed by atoms with van der Waals surface area (Å²) in [4.78, 5) is 12.9. The normalized spacial score (nSPS) is 9.46. The topological polar surface area (TPSA) is 145 Å². The number of nitrogens with two attached hydrogens (primary N) is 1. The Kier molecular flexibility index (Phi) is 34.1. The van der Waals surface area contributed by atoms with Crippen molar-refractivity contribution in [3.05, 3.63) is 126 Å². The molecular formula is C35H42AlB2Br2Cl4N7OS2-. The van der Waals surface area contributed by atoms with Crippen molar-refractivity contribution in [3.63, 3.8) is 0 Å². The number of hydrogen-bond acceptors (Lipinski definition) is 8. The number of thioether (sulfide) groups is 1. The van der Waals surface area contributed by atoms with Gasteiger partial charge in [-0.3, -0.25) is 20.4 Å². The van der Waals surface area contributed by atoms with Gasteiger partial charge in [0.2, 0.25) is 0 Å². The summed E-state index contributed by atoms with van der Waals surface area (Å²) in [5.74, 6) is 0.698. The molecule has 0 fully saturated rings. The number of nitrogens with zero attached hydrogens (tertiary/aromatic N) is 4. The third kappa shape index (κ3) is 24.8. The summed E-state index contributed by atoms with van der Waals surface area (Å²) in [6, 6.07) is 30.5. The van der Waals surface area contributed by atoms with Crippen molar-refractivity contribution in [1.82, 2.24) is 15.0 Å². The van der Waals surface area contributed by atoms with E-state index >= 15 is 0 Å². The van der Waals surface area contributed by atoms with E-state index < -0.39 is 13.6 Å². The second-order valence-corrected chi connectivity index (χ2v) is 15.4. The average Bonchev–Trinajstić information content (AvgIpc) is 3.11. The first-order valence-corrected chi connectivity index (χ1v) is 19.6. The van der Waals surface area contributed by atoms with Crippen LogP contribution >= 0.6 is 91.1 Å². The van der Waals surface area contributed by atoms with Crippen molar-refractivity contribution < 1.29 is 5.11 Å². The van der Waals surface area contributed by atoms with Crippen molar-refractivity contribution in [2.24, 2.45) is 10.0 Å². The molecule has 0 unspecified atom stereocenters. The zero-order valence-corrected chi connectivity index (χ0v) is 39.1. The van der Waals surface area contributed by atoms with Crippen molar-refractivity contribution in [1.29, 1.82) is 10.2 Å². The van der Waals surface area contributed by atoms with Crippen LogP contribution in [-0.4, -0.2) is 66.8 Å². The van der Waals surface area contributed by atoms with Crippen molar-refractivity contribution in [2.45, 2.75) is 35.6 Å². The van der Waals surface area contributed by atoms with E-state index in [0.29, 0.717) is 5.75 Å². The Bertz CT molecular complexity index is 2020. The van der Waals surface area contributed by atoms with Crippen LogP contribution in [0.5, 0.6) is 0 Å². The summed E-state index contributed by atoms with van der Waals surface area (Å²) >= 11 is 24.1. The van der Waals surface area contributed by atoms with E-state index in [2.05, 4.69) is 98.3 Å². The number of fused-ring (bicyclic) bond motifs is 3. The minimum atomic E-state index is -1.61. The first kappa shape index (κ1) is 56.7. The summed E-state index contributed by atoms with van der Waals surface area (Å²) in [5, 5.41) is 19.3. The minimum absolute atomic E-state index is 0. The number of benzene rings is 3. The molecule has 6 rings (SSSR count). The molecule has 3 heterocycles. The maximum atomic E-state index is 7.57. The Labute approximate surface area is 376 Å². The van der Waals surface area contributed by atoms with Crippen LogP contribution < -0.4 is 5.73 Å². The zero-order valence-electron chi connectivity index (χ0n) is 29.1. The van der Waals surface area contributed by atoms with Crippen LogP contribution in [0.25, 0.3) is 32.7 Å². The van der Waals surface area contributed by atoms with Gasteiger partial charge in [0.05, 0.1) is 16.6 Å². The average molecular weight is 991 g/mol.